The summed E-state index contributed by atoms with van der Waals surface area (Å²) in [4.78, 5) is 22.9. The Morgan fingerprint density at radius 3 is 2.47 bits per heavy atom. The van der Waals surface area contributed by atoms with E-state index in [1.807, 2.05) is 30.3 Å². The van der Waals surface area contributed by atoms with E-state index in [0.717, 1.165) is 5.56 Å². The molecule has 0 saturated carbocycles. The first kappa shape index (κ1) is 15.2. The van der Waals surface area contributed by atoms with Gasteiger partial charge in [-0.1, -0.05) is 30.3 Å². The molecule has 1 aromatic rings. The number of amides is 2. The highest BCUT2D eigenvalue weighted by atomic mass is 16.2. The normalized spacial score (nSPS) is 11.8. The molecule has 5 heteroatoms. The summed E-state index contributed by atoms with van der Waals surface area (Å²) in [5.41, 5.74) is 11.7. The van der Waals surface area contributed by atoms with E-state index in [2.05, 4.69) is 5.32 Å². The molecule has 0 fully saturated rings. The number of primary amides is 1. The lowest BCUT2D eigenvalue weighted by atomic mass is 10.1. The standard InChI is InChI=1S/C14H21N3O2/c15-10-4-7-12(14(16)19)17-13(18)9-8-11-5-2-1-3-6-11/h1-3,5-6,12H,4,7-10,15H2,(H2,16,19)(H,17,18)/t12-/m0/s1. The van der Waals surface area contributed by atoms with Gasteiger partial charge < -0.3 is 16.8 Å². The quantitative estimate of drug-likeness (QED) is 0.630. The zero-order valence-corrected chi connectivity index (χ0v) is 11.0. The van der Waals surface area contributed by atoms with E-state index >= 15 is 0 Å². The van der Waals surface area contributed by atoms with Crippen LogP contribution in [0.2, 0.25) is 0 Å². The van der Waals surface area contributed by atoms with Crippen LogP contribution in [0.25, 0.3) is 0 Å². The smallest absolute Gasteiger partial charge is 0.240 e. The molecule has 0 spiro atoms. The highest BCUT2D eigenvalue weighted by molar-refractivity contribution is 5.86. The fourth-order valence-corrected chi connectivity index (χ4v) is 1.78. The summed E-state index contributed by atoms with van der Waals surface area (Å²) in [6.07, 6.45) is 2.14. The maximum atomic E-state index is 11.7. The molecule has 5 N–H and O–H groups in total. The molecular weight excluding hydrogens is 242 g/mol. The van der Waals surface area contributed by atoms with E-state index in [-0.39, 0.29) is 5.91 Å². The van der Waals surface area contributed by atoms with Crippen molar-refractivity contribution >= 4 is 11.8 Å². The average molecular weight is 263 g/mol. The van der Waals surface area contributed by atoms with Crippen molar-refractivity contribution < 1.29 is 9.59 Å². The molecule has 0 aliphatic heterocycles. The summed E-state index contributed by atoms with van der Waals surface area (Å²) in [5, 5.41) is 2.65. The fraction of sp³-hybridized carbons (Fsp3) is 0.429. The van der Waals surface area contributed by atoms with Crippen LogP contribution in [0.3, 0.4) is 0 Å². The van der Waals surface area contributed by atoms with E-state index in [1.54, 1.807) is 0 Å². The number of hydrogen-bond donors (Lipinski definition) is 3. The third kappa shape index (κ3) is 6.01. The topological polar surface area (TPSA) is 98.2 Å². The van der Waals surface area contributed by atoms with Crippen molar-refractivity contribution in [2.75, 3.05) is 6.54 Å². The van der Waals surface area contributed by atoms with Crippen molar-refractivity contribution in [3.63, 3.8) is 0 Å². The number of nitrogens with one attached hydrogen (secondary N) is 1. The maximum absolute atomic E-state index is 11.7. The summed E-state index contributed by atoms with van der Waals surface area (Å²) in [6, 6.07) is 9.10. The summed E-state index contributed by atoms with van der Waals surface area (Å²) >= 11 is 0. The van der Waals surface area contributed by atoms with Crippen LogP contribution >= 0.6 is 0 Å². The van der Waals surface area contributed by atoms with E-state index in [4.69, 9.17) is 11.5 Å². The Morgan fingerprint density at radius 1 is 1.21 bits per heavy atom. The van der Waals surface area contributed by atoms with Crippen LogP contribution in [0.15, 0.2) is 30.3 Å². The monoisotopic (exact) mass is 263 g/mol. The van der Waals surface area contributed by atoms with Gasteiger partial charge >= 0.3 is 0 Å². The fourth-order valence-electron chi connectivity index (χ4n) is 1.78. The Morgan fingerprint density at radius 2 is 1.89 bits per heavy atom. The number of hydrogen-bond acceptors (Lipinski definition) is 3. The predicted octanol–water partition coefficient (Wildman–Crippen LogP) is 0.328. The molecule has 5 nitrogen and oxygen atoms in total. The van der Waals surface area contributed by atoms with E-state index in [9.17, 15) is 9.59 Å². The van der Waals surface area contributed by atoms with Crippen LogP contribution in [-0.2, 0) is 16.0 Å². The molecule has 0 aliphatic rings. The molecule has 0 aliphatic carbocycles. The lowest BCUT2D eigenvalue weighted by molar-refractivity contribution is -0.127. The second-order valence-corrected chi connectivity index (χ2v) is 4.44. The van der Waals surface area contributed by atoms with Crippen molar-refractivity contribution in [1.82, 2.24) is 5.32 Å². The number of benzene rings is 1. The van der Waals surface area contributed by atoms with Gasteiger partial charge in [-0.3, -0.25) is 9.59 Å². The Balaban J connectivity index is 2.38. The summed E-state index contributed by atoms with van der Waals surface area (Å²) in [5.74, 6) is -0.675. The Labute approximate surface area is 113 Å². The van der Waals surface area contributed by atoms with Crippen LogP contribution < -0.4 is 16.8 Å². The van der Waals surface area contributed by atoms with Gasteiger partial charge in [0.05, 0.1) is 0 Å². The first-order valence-electron chi connectivity index (χ1n) is 6.46. The highest BCUT2D eigenvalue weighted by Gasteiger charge is 2.16. The molecular formula is C14H21N3O2. The minimum atomic E-state index is -0.619. The minimum Gasteiger partial charge on any atom is -0.368 e. The first-order chi connectivity index (χ1) is 9.13. The zero-order valence-electron chi connectivity index (χ0n) is 11.0. The largest absolute Gasteiger partial charge is 0.368 e. The number of carbonyl (C=O) groups is 2. The third-order valence-electron chi connectivity index (χ3n) is 2.86. The second kappa shape index (κ2) is 8.26. The van der Waals surface area contributed by atoms with E-state index in [0.29, 0.717) is 32.2 Å². The van der Waals surface area contributed by atoms with Crippen molar-refractivity contribution in [3.8, 4) is 0 Å². The molecule has 1 atom stereocenters. The van der Waals surface area contributed by atoms with Gasteiger partial charge in [-0.05, 0) is 31.4 Å². The van der Waals surface area contributed by atoms with Crippen LogP contribution in [0.1, 0.15) is 24.8 Å². The molecule has 104 valence electrons. The second-order valence-electron chi connectivity index (χ2n) is 4.44. The molecule has 2 amide bonds. The van der Waals surface area contributed by atoms with Gasteiger partial charge in [-0.25, -0.2) is 0 Å². The number of rotatable bonds is 8. The van der Waals surface area contributed by atoms with Crippen LogP contribution in [0, 0.1) is 0 Å². The van der Waals surface area contributed by atoms with E-state index in [1.165, 1.54) is 0 Å². The Hall–Kier alpha value is -1.88. The van der Waals surface area contributed by atoms with Crippen LogP contribution in [0.4, 0.5) is 0 Å². The van der Waals surface area contributed by atoms with Crippen molar-refractivity contribution in [2.45, 2.75) is 31.7 Å². The maximum Gasteiger partial charge on any atom is 0.240 e. The molecule has 0 unspecified atom stereocenters. The third-order valence-corrected chi connectivity index (χ3v) is 2.86. The van der Waals surface area contributed by atoms with Crippen molar-refractivity contribution in [2.24, 2.45) is 11.5 Å². The van der Waals surface area contributed by atoms with Gasteiger partial charge in [-0.15, -0.1) is 0 Å². The molecule has 0 bridgehead atoms. The van der Waals surface area contributed by atoms with Crippen molar-refractivity contribution in [1.29, 1.82) is 0 Å². The lowest BCUT2D eigenvalue weighted by Gasteiger charge is -2.14. The van der Waals surface area contributed by atoms with E-state index < -0.39 is 11.9 Å². The van der Waals surface area contributed by atoms with Gasteiger partial charge in [0.2, 0.25) is 11.8 Å². The minimum absolute atomic E-state index is 0.162. The first-order valence-corrected chi connectivity index (χ1v) is 6.46. The molecule has 0 saturated heterocycles. The predicted molar refractivity (Wildman–Crippen MR) is 74.2 cm³/mol. The number of aryl methyl sites for hydroxylation is 1. The van der Waals surface area contributed by atoms with Gasteiger partial charge in [-0.2, -0.15) is 0 Å². The zero-order chi connectivity index (χ0) is 14.1. The molecule has 0 radical (unpaired) electrons. The van der Waals surface area contributed by atoms with Gasteiger partial charge in [0.15, 0.2) is 0 Å². The molecule has 0 heterocycles. The average Bonchev–Trinajstić information content (AvgIpc) is 2.42. The summed E-state index contributed by atoms with van der Waals surface area (Å²) in [6.45, 7) is 0.476. The lowest BCUT2D eigenvalue weighted by Crippen LogP contribution is -2.44. The van der Waals surface area contributed by atoms with Gasteiger partial charge in [0.1, 0.15) is 6.04 Å². The molecule has 1 rings (SSSR count). The van der Waals surface area contributed by atoms with Gasteiger partial charge in [0, 0.05) is 6.42 Å². The Kier molecular flexibility index (Phi) is 6.60. The van der Waals surface area contributed by atoms with Crippen LogP contribution in [0.5, 0.6) is 0 Å². The Bertz CT molecular complexity index is 406. The molecule has 1 aromatic carbocycles. The molecule has 19 heavy (non-hydrogen) atoms. The van der Waals surface area contributed by atoms with Gasteiger partial charge in [0.25, 0.3) is 0 Å². The van der Waals surface area contributed by atoms with Crippen molar-refractivity contribution in [3.05, 3.63) is 35.9 Å². The van der Waals surface area contributed by atoms with Crippen LogP contribution in [-0.4, -0.2) is 24.4 Å². The highest BCUT2D eigenvalue weighted by Crippen LogP contribution is 2.03. The molecule has 0 aromatic heterocycles. The summed E-state index contributed by atoms with van der Waals surface area (Å²) in [7, 11) is 0. The number of nitrogens with two attached hydrogens (primary N) is 2. The summed E-state index contributed by atoms with van der Waals surface area (Å²) < 4.78 is 0. The SMILES string of the molecule is NCCC[C@H](NC(=O)CCc1ccccc1)C(N)=O. The number of carbonyl (C=O) groups excluding carboxylic acids is 2.